The monoisotopic (exact) mass is 563 g/mol. The van der Waals surface area contributed by atoms with E-state index in [1.807, 2.05) is 29.2 Å². The molecule has 0 bridgehead atoms. The highest BCUT2D eigenvalue weighted by atomic mass is 35.5. The van der Waals surface area contributed by atoms with Crippen LogP contribution in [0.2, 0.25) is 5.02 Å². The lowest BCUT2D eigenvalue weighted by atomic mass is 9.64. The molecule has 0 unspecified atom stereocenters. The van der Waals surface area contributed by atoms with Crippen LogP contribution in [0.1, 0.15) is 48.1 Å². The van der Waals surface area contributed by atoms with E-state index in [2.05, 4.69) is 0 Å². The fourth-order valence-electron chi connectivity index (χ4n) is 6.94. The van der Waals surface area contributed by atoms with Gasteiger partial charge < -0.3 is 9.64 Å². The molecule has 2 aliphatic heterocycles. The van der Waals surface area contributed by atoms with Crippen LogP contribution >= 0.6 is 11.6 Å². The van der Waals surface area contributed by atoms with Gasteiger partial charge in [0.15, 0.2) is 17.3 Å². The second kappa shape index (κ2) is 9.25. The summed E-state index contributed by atoms with van der Waals surface area (Å²) in [4.78, 5) is 45.8. The minimum Gasteiger partial charge on any atom is -0.497 e. The molecule has 7 heteroatoms. The molecule has 202 valence electrons. The van der Waals surface area contributed by atoms with Gasteiger partial charge in [0.05, 0.1) is 13.2 Å². The van der Waals surface area contributed by atoms with E-state index in [0.29, 0.717) is 33.1 Å². The Bertz CT molecular complexity index is 1760. The molecule has 2 heterocycles. The molecule has 4 aromatic rings. The van der Waals surface area contributed by atoms with E-state index in [1.54, 1.807) is 61.7 Å². The number of methoxy groups -OCH3 is 1. The van der Waals surface area contributed by atoms with Crippen molar-refractivity contribution in [3.05, 3.63) is 136 Å². The summed E-state index contributed by atoms with van der Waals surface area (Å²) >= 11 is 6.34. The molecule has 1 saturated heterocycles. The summed E-state index contributed by atoms with van der Waals surface area (Å²) in [7, 11) is 1.54. The van der Waals surface area contributed by atoms with Crippen LogP contribution in [-0.4, -0.2) is 36.5 Å². The Kier molecular flexibility index (Phi) is 5.73. The smallest absolute Gasteiger partial charge is 0.185 e. The largest absolute Gasteiger partial charge is 0.497 e. The molecule has 4 aromatic carbocycles. The Balaban J connectivity index is 1.55. The number of ether oxygens (including phenoxy) is 1. The number of rotatable bonds is 4. The summed E-state index contributed by atoms with van der Waals surface area (Å²) in [5.74, 6) is -1.79. The Morgan fingerprint density at radius 1 is 0.902 bits per heavy atom. The van der Waals surface area contributed by atoms with Crippen molar-refractivity contribution in [3.8, 4) is 5.75 Å². The van der Waals surface area contributed by atoms with Crippen molar-refractivity contribution in [2.24, 2.45) is 5.41 Å². The summed E-state index contributed by atoms with van der Waals surface area (Å²) in [5, 5.41) is 0.520. The average molecular weight is 564 g/mol. The van der Waals surface area contributed by atoms with Crippen molar-refractivity contribution < 1.29 is 23.5 Å². The number of benzene rings is 4. The molecule has 3 atom stereocenters. The molecule has 7 rings (SSSR count). The zero-order valence-electron chi connectivity index (χ0n) is 21.9. The maximum absolute atomic E-state index is 14.6. The van der Waals surface area contributed by atoms with Gasteiger partial charge in [0.1, 0.15) is 23.0 Å². The molecule has 1 aliphatic carbocycles. The number of Topliss-reactive ketones (excluding diaryl/α,β-unsaturated/α-hetero) is 3. The van der Waals surface area contributed by atoms with E-state index in [0.717, 1.165) is 5.56 Å². The van der Waals surface area contributed by atoms with Crippen molar-refractivity contribution in [2.45, 2.75) is 18.0 Å². The first-order chi connectivity index (χ1) is 19.9. The summed E-state index contributed by atoms with van der Waals surface area (Å²) in [6.07, 6.45) is 3.70. The van der Waals surface area contributed by atoms with E-state index in [1.165, 1.54) is 24.3 Å². The SMILES string of the molecule is COc1cccc([C@H]2[C@H](C(=O)c3ccc(F)cc3)N3c4ccc(Cl)cc4C=C[C@H]3C23C(=O)c2ccccc2C3=O)c1. The van der Waals surface area contributed by atoms with Gasteiger partial charge in [0, 0.05) is 33.3 Å². The van der Waals surface area contributed by atoms with Gasteiger partial charge in [0.25, 0.3) is 0 Å². The van der Waals surface area contributed by atoms with Crippen molar-refractivity contribution in [1.29, 1.82) is 0 Å². The van der Waals surface area contributed by atoms with Crippen molar-refractivity contribution >= 4 is 40.7 Å². The zero-order valence-corrected chi connectivity index (χ0v) is 22.6. The number of halogens is 2. The molecule has 1 fully saturated rings. The van der Waals surface area contributed by atoms with Gasteiger partial charge in [0.2, 0.25) is 0 Å². The predicted molar refractivity (Wildman–Crippen MR) is 155 cm³/mol. The highest BCUT2D eigenvalue weighted by molar-refractivity contribution is 6.32. The minimum absolute atomic E-state index is 0.278. The zero-order chi connectivity index (χ0) is 28.5. The van der Waals surface area contributed by atoms with E-state index in [9.17, 15) is 18.8 Å². The quantitative estimate of drug-likeness (QED) is 0.202. The Labute approximate surface area is 240 Å². The molecule has 0 N–H and O–H groups in total. The standard InChI is InChI=1S/C34H23ClFNO4/c1-41-24-6-4-5-21(18-24)29-30(31(38)19-9-13-23(36)14-10-19)37-27-15-12-22(35)17-20(27)11-16-28(37)34(29)32(39)25-7-2-3-8-26(25)33(34)40/h2-18,28-30H,1H3/t28-,29-,30+/m0/s1. The molecule has 3 aliphatic rings. The molecule has 0 amide bonds. The minimum atomic E-state index is -1.63. The number of carbonyl (C=O) groups excluding carboxylic acids is 3. The van der Waals surface area contributed by atoms with Crippen LogP contribution in [-0.2, 0) is 0 Å². The number of fused-ring (bicyclic) bond motifs is 5. The third-order valence-corrected chi connectivity index (χ3v) is 8.85. The summed E-state index contributed by atoms with van der Waals surface area (Å²) in [6.45, 7) is 0. The third-order valence-electron chi connectivity index (χ3n) is 8.62. The van der Waals surface area contributed by atoms with Crippen molar-refractivity contribution in [1.82, 2.24) is 0 Å². The van der Waals surface area contributed by atoms with Gasteiger partial charge in [-0.15, -0.1) is 0 Å². The lowest BCUT2D eigenvalue weighted by Gasteiger charge is -2.37. The van der Waals surface area contributed by atoms with Crippen LogP contribution in [0, 0.1) is 11.2 Å². The Hall–Kier alpha value is -4.55. The number of ketones is 3. The van der Waals surface area contributed by atoms with Gasteiger partial charge in [-0.1, -0.05) is 60.2 Å². The molecule has 5 nitrogen and oxygen atoms in total. The molecule has 0 saturated carbocycles. The molecular weight excluding hydrogens is 541 g/mol. The van der Waals surface area contributed by atoms with Crippen LogP contribution in [0.4, 0.5) is 10.1 Å². The van der Waals surface area contributed by atoms with Gasteiger partial charge in [-0.3, -0.25) is 14.4 Å². The van der Waals surface area contributed by atoms with Crippen LogP contribution in [0.15, 0.2) is 97.1 Å². The fraction of sp³-hybridized carbons (Fsp3) is 0.147. The first-order valence-electron chi connectivity index (χ1n) is 13.2. The number of hydrogen-bond acceptors (Lipinski definition) is 5. The molecule has 1 spiro atoms. The third kappa shape index (κ3) is 3.50. The summed E-state index contributed by atoms with van der Waals surface area (Å²) in [6, 6.07) is 23.0. The topological polar surface area (TPSA) is 63.7 Å². The fourth-order valence-corrected chi connectivity index (χ4v) is 7.12. The Morgan fingerprint density at radius 2 is 1.61 bits per heavy atom. The van der Waals surface area contributed by atoms with Gasteiger partial charge in [-0.2, -0.15) is 0 Å². The number of hydrogen-bond donors (Lipinski definition) is 0. The first-order valence-corrected chi connectivity index (χ1v) is 13.6. The predicted octanol–water partition coefficient (Wildman–Crippen LogP) is 6.80. The Morgan fingerprint density at radius 3 is 2.29 bits per heavy atom. The summed E-state index contributed by atoms with van der Waals surface area (Å²) in [5.41, 5.74) is 1.40. The van der Waals surface area contributed by atoms with E-state index >= 15 is 0 Å². The van der Waals surface area contributed by atoms with Gasteiger partial charge in [-0.25, -0.2) is 4.39 Å². The normalized spacial score (nSPS) is 21.5. The van der Waals surface area contributed by atoms with Crippen molar-refractivity contribution in [2.75, 3.05) is 12.0 Å². The van der Waals surface area contributed by atoms with E-state index in [-0.39, 0.29) is 22.9 Å². The molecule has 0 aromatic heterocycles. The highest BCUT2D eigenvalue weighted by Crippen LogP contribution is 2.61. The maximum atomic E-state index is 14.6. The van der Waals surface area contributed by atoms with E-state index < -0.39 is 29.2 Å². The lowest BCUT2D eigenvalue weighted by Crippen LogP contribution is -2.48. The molecule has 41 heavy (non-hydrogen) atoms. The van der Waals surface area contributed by atoms with Gasteiger partial charge in [-0.05, 0) is 65.7 Å². The average Bonchev–Trinajstić information content (AvgIpc) is 3.43. The van der Waals surface area contributed by atoms with Crippen LogP contribution < -0.4 is 9.64 Å². The maximum Gasteiger partial charge on any atom is 0.185 e. The number of carbonyl (C=O) groups is 3. The highest BCUT2D eigenvalue weighted by Gasteiger charge is 2.71. The number of nitrogens with zero attached hydrogens (tertiary/aromatic N) is 1. The van der Waals surface area contributed by atoms with Crippen LogP contribution in [0.25, 0.3) is 6.08 Å². The van der Waals surface area contributed by atoms with Crippen LogP contribution in [0.3, 0.4) is 0 Å². The van der Waals surface area contributed by atoms with Gasteiger partial charge >= 0.3 is 0 Å². The van der Waals surface area contributed by atoms with E-state index in [4.69, 9.17) is 16.3 Å². The molecule has 0 radical (unpaired) electrons. The molecular formula is C34H23ClFNO4. The van der Waals surface area contributed by atoms with Crippen molar-refractivity contribution in [3.63, 3.8) is 0 Å². The first kappa shape index (κ1) is 25.4. The second-order valence-corrected chi connectivity index (χ2v) is 11.0. The second-order valence-electron chi connectivity index (χ2n) is 10.6. The summed E-state index contributed by atoms with van der Waals surface area (Å²) < 4.78 is 19.4. The number of anilines is 1. The lowest BCUT2D eigenvalue weighted by molar-refractivity contribution is 0.0665. The van der Waals surface area contributed by atoms with Crippen LogP contribution in [0.5, 0.6) is 5.75 Å².